The fourth-order valence-corrected chi connectivity index (χ4v) is 3.07. The van der Waals surface area contributed by atoms with E-state index in [-0.39, 0.29) is 23.1 Å². The first-order valence-corrected chi connectivity index (χ1v) is 7.87. The molecular formula is C15H23Cl2N3O2. The Morgan fingerprint density at radius 3 is 2.68 bits per heavy atom. The number of hydrogen-bond donors (Lipinski definition) is 1. The molecule has 0 bridgehead atoms. The first kappa shape index (κ1) is 19.2. The molecule has 0 aliphatic carbocycles. The standard InChI is InChI=1S/C15H22ClN3O2.ClH/c1-2-9-18(13-5-7-17-8-6-13)11-12-3-4-14(16)15(10-12)19(20)21;/h3-4,10,13,17H,2,5-9,11H2,1H3;1H. The summed E-state index contributed by atoms with van der Waals surface area (Å²) in [6, 6.07) is 5.67. The lowest BCUT2D eigenvalue weighted by Crippen LogP contribution is -2.43. The van der Waals surface area contributed by atoms with Gasteiger partial charge in [0.05, 0.1) is 4.92 Å². The van der Waals surface area contributed by atoms with Crippen LogP contribution in [0.25, 0.3) is 0 Å². The molecule has 1 aliphatic rings. The Labute approximate surface area is 142 Å². The Bertz CT molecular complexity index is 494. The second kappa shape index (κ2) is 9.30. The van der Waals surface area contributed by atoms with E-state index < -0.39 is 4.92 Å². The smallest absolute Gasteiger partial charge is 0.288 e. The van der Waals surface area contributed by atoms with Crippen LogP contribution in [0.15, 0.2) is 18.2 Å². The Kier molecular flexibility index (Phi) is 8.10. The number of piperidine rings is 1. The highest BCUT2D eigenvalue weighted by Crippen LogP contribution is 2.26. The number of nitrogens with one attached hydrogen (secondary N) is 1. The highest BCUT2D eigenvalue weighted by atomic mass is 35.5. The topological polar surface area (TPSA) is 58.4 Å². The summed E-state index contributed by atoms with van der Waals surface area (Å²) in [4.78, 5) is 13.0. The largest absolute Gasteiger partial charge is 0.317 e. The van der Waals surface area contributed by atoms with Gasteiger partial charge in [0.25, 0.3) is 5.69 Å². The molecule has 1 heterocycles. The summed E-state index contributed by atoms with van der Waals surface area (Å²) in [6.07, 6.45) is 3.35. The molecule has 0 aromatic heterocycles. The molecule has 0 unspecified atom stereocenters. The number of hydrogen-bond acceptors (Lipinski definition) is 4. The molecule has 124 valence electrons. The number of nitro benzene ring substituents is 1. The van der Waals surface area contributed by atoms with Crippen molar-refractivity contribution >= 4 is 29.7 Å². The van der Waals surface area contributed by atoms with Crippen LogP contribution in [-0.4, -0.2) is 35.5 Å². The Balaban J connectivity index is 0.00000242. The number of halogens is 2. The normalized spacial score (nSPS) is 15.6. The van der Waals surface area contributed by atoms with Crippen LogP contribution in [0.1, 0.15) is 31.7 Å². The van der Waals surface area contributed by atoms with Gasteiger partial charge in [0.15, 0.2) is 0 Å². The van der Waals surface area contributed by atoms with Crippen molar-refractivity contribution in [3.8, 4) is 0 Å². The van der Waals surface area contributed by atoms with Crippen molar-refractivity contribution in [2.75, 3.05) is 19.6 Å². The van der Waals surface area contributed by atoms with Crippen molar-refractivity contribution in [1.82, 2.24) is 10.2 Å². The third-order valence-corrected chi connectivity index (χ3v) is 4.25. The molecule has 7 heteroatoms. The molecule has 0 radical (unpaired) electrons. The zero-order valence-corrected chi connectivity index (χ0v) is 14.3. The number of benzene rings is 1. The van der Waals surface area contributed by atoms with Gasteiger partial charge in [-0.2, -0.15) is 0 Å². The Morgan fingerprint density at radius 2 is 2.09 bits per heavy atom. The molecule has 1 aliphatic heterocycles. The van der Waals surface area contributed by atoms with Crippen LogP contribution in [0.5, 0.6) is 0 Å². The van der Waals surface area contributed by atoms with Crippen molar-refractivity contribution in [2.45, 2.75) is 38.8 Å². The maximum absolute atomic E-state index is 11.0. The zero-order chi connectivity index (χ0) is 15.2. The van der Waals surface area contributed by atoms with E-state index in [1.54, 1.807) is 12.1 Å². The molecular weight excluding hydrogens is 325 g/mol. The number of rotatable bonds is 6. The van der Waals surface area contributed by atoms with Gasteiger partial charge in [0.2, 0.25) is 0 Å². The fourth-order valence-electron chi connectivity index (χ4n) is 2.88. The van der Waals surface area contributed by atoms with Crippen LogP contribution >= 0.6 is 24.0 Å². The molecule has 0 amide bonds. The molecule has 1 aromatic rings. The van der Waals surface area contributed by atoms with E-state index in [9.17, 15) is 10.1 Å². The minimum absolute atomic E-state index is 0. The van der Waals surface area contributed by atoms with Gasteiger partial charge in [0, 0.05) is 18.7 Å². The van der Waals surface area contributed by atoms with Crippen LogP contribution in [0.2, 0.25) is 5.02 Å². The summed E-state index contributed by atoms with van der Waals surface area (Å²) in [5.41, 5.74) is 0.953. The third kappa shape index (κ3) is 5.09. The quantitative estimate of drug-likeness (QED) is 0.630. The highest BCUT2D eigenvalue weighted by molar-refractivity contribution is 6.32. The van der Waals surface area contributed by atoms with Gasteiger partial charge in [-0.1, -0.05) is 24.6 Å². The van der Waals surface area contributed by atoms with Gasteiger partial charge in [0.1, 0.15) is 5.02 Å². The Morgan fingerprint density at radius 1 is 1.41 bits per heavy atom. The van der Waals surface area contributed by atoms with Crippen molar-refractivity contribution in [2.24, 2.45) is 0 Å². The number of nitrogens with zero attached hydrogens (tertiary/aromatic N) is 2. The monoisotopic (exact) mass is 347 g/mol. The molecule has 1 aromatic carbocycles. The summed E-state index contributed by atoms with van der Waals surface area (Å²) in [6.45, 7) is 6.02. The molecule has 2 rings (SSSR count). The van der Waals surface area contributed by atoms with Gasteiger partial charge in [-0.25, -0.2) is 0 Å². The van der Waals surface area contributed by atoms with Crippen molar-refractivity contribution < 1.29 is 4.92 Å². The van der Waals surface area contributed by atoms with Crippen molar-refractivity contribution in [1.29, 1.82) is 0 Å². The van der Waals surface area contributed by atoms with Crippen LogP contribution in [0.4, 0.5) is 5.69 Å². The first-order valence-electron chi connectivity index (χ1n) is 7.49. The predicted molar refractivity (Wildman–Crippen MR) is 91.9 cm³/mol. The highest BCUT2D eigenvalue weighted by Gasteiger charge is 2.21. The van der Waals surface area contributed by atoms with E-state index in [0.717, 1.165) is 51.0 Å². The SMILES string of the molecule is CCCN(Cc1ccc(Cl)c([N+](=O)[O-])c1)C1CCNCC1.Cl. The van der Waals surface area contributed by atoms with Crippen molar-refractivity contribution in [3.63, 3.8) is 0 Å². The molecule has 0 spiro atoms. The van der Waals surface area contributed by atoms with E-state index in [2.05, 4.69) is 17.1 Å². The molecule has 22 heavy (non-hydrogen) atoms. The molecule has 0 saturated carbocycles. The van der Waals surface area contributed by atoms with Gasteiger partial charge in [-0.3, -0.25) is 15.0 Å². The summed E-state index contributed by atoms with van der Waals surface area (Å²) >= 11 is 5.87. The van der Waals surface area contributed by atoms with Gasteiger partial charge in [-0.15, -0.1) is 12.4 Å². The minimum atomic E-state index is -0.416. The van der Waals surface area contributed by atoms with Crippen LogP contribution in [-0.2, 0) is 6.54 Å². The molecule has 1 fully saturated rings. The first-order chi connectivity index (χ1) is 10.1. The molecule has 5 nitrogen and oxygen atoms in total. The van der Waals surface area contributed by atoms with Crippen molar-refractivity contribution in [3.05, 3.63) is 38.9 Å². The average molecular weight is 348 g/mol. The second-order valence-corrected chi connectivity index (χ2v) is 5.90. The maximum Gasteiger partial charge on any atom is 0.288 e. The van der Waals surface area contributed by atoms with Crippen LogP contribution in [0.3, 0.4) is 0 Å². The number of nitro groups is 1. The average Bonchev–Trinajstić information content (AvgIpc) is 2.49. The third-order valence-electron chi connectivity index (χ3n) is 3.93. The second-order valence-electron chi connectivity index (χ2n) is 5.49. The van der Waals surface area contributed by atoms with Crippen LogP contribution in [0, 0.1) is 10.1 Å². The lowest BCUT2D eigenvalue weighted by Gasteiger charge is -2.34. The summed E-state index contributed by atoms with van der Waals surface area (Å²) in [7, 11) is 0. The van der Waals surface area contributed by atoms with E-state index >= 15 is 0 Å². The van der Waals surface area contributed by atoms with E-state index in [0.29, 0.717) is 6.04 Å². The van der Waals surface area contributed by atoms with Gasteiger partial charge < -0.3 is 5.32 Å². The summed E-state index contributed by atoms with van der Waals surface area (Å²) < 4.78 is 0. The summed E-state index contributed by atoms with van der Waals surface area (Å²) in [5.74, 6) is 0. The van der Waals surface area contributed by atoms with Crippen LogP contribution < -0.4 is 5.32 Å². The predicted octanol–water partition coefficient (Wildman–Crippen LogP) is 3.63. The fraction of sp³-hybridized carbons (Fsp3) is 0.600. The zero-order valence-electron chi connectivity index (χ0n) is 12.8. The molecule has 0 atom stereocenters. The Hall–Kier alpha value is -0.880. The molecule has 1 saturated heterocycles. The lowest BCUT2D eigenvalue weighted by atomic mass is 10.0. The molecule has 1 N–H and O–H groups in total. The summed E-state index contributed by atoms with van der Waals surface area (Å²) in [5, 5.41) is 14.6. The van der Waals surface area contributed by atoms with Gasteiger partial charge in [-0.05, 0) is 50.5 Å². The minimum Gasteiger partial charge on any atom is -0.317 e. The van der Waals surface area contributed by atoms with E-state index in [4.69, 9.17) is 11.6 Å². The van der Waals surface area contributed by atoms with Gasteiger partial charge >= 0.3 is 0 Å². The van der Waals surface area contributed by atoms with E-state index in [1.807, 2.05) is 6.07 Å². The lowest BCUT2D eigenvalue weighted by molar-refractivity contribution is -0.384. The maximum atomic E-state index is 11.0. The van der Waals surface area contributed by atoms with E-state index in [1.165, 1.54) is 0 Å².